The second-order valence-corrected chi connectivity index (χ2v) is 7.36. The summed E-state index contributed by atoms with van der Waals surface area (Å²) in [6, 6.07) is 13.2. The molecule has 1 N–H and O–H groups in total. The SMILES string of the molecule is COc1ccc(N2CCN([C@H]3CC(=O)N(c4ccc(C(=O)O)cc4)C3=O)CC2)cc1. The van der Waals surface area contributed by atoms with E-state index in [9.17, 15) is 14.4 Å². The van der Waals surface area contributed by atoms with Crippen LogP contribution in [-0.4, -0.2) is 67.1 Å². The van der Waals surface area contributed by atoms with Crippen molar-refractivity contribution in [2.24, 2.45) is 0 Å². The average Bonchev–Trinajstić information content (AvgIpc) is 3.08. The largest absolute Gasteiger partial charge is 0.497 e. The first kappa shape index (κ1) is 19.9. The van der Waals surface area contributed by atoms with E-state index in [1.807, 2.05) is 24.3 Å². The molecule has 156 valence electrons. The minimum Gasteiger partial charge on any atom is -0.497 e. The molecule has 2 amide bonds. The molecule has 2 heterocycles. The lowest BCUT2D eigenvalue weighted by molar-refractivity contribution is -0.123. The lowest BCUT2D eigenvalue weighted by Crippen LogP contribution is -2.52. The predicted octanol–water partition coefficient (Wildman–Crippen LogP) is 1.85. The quantitative estimate of drug-likeness (QED) is 0.754. The van der Waals surface area contributed by atoms with Crippen molar-refractivity contribution in [1.82, 2.24) is 4.90 Å². The molecule has 2 aromatic carbocycles. The minimum atomic E-state index is -1.05. The van der Waals surface area contributed by atoms with E-state index in [4.69, 9.17) is 9.84 Å². The summed E-state index contributed by atoms with van der Waals surface area (Å²) in [5.74, 6) is -0.746. The van der Waals surface area contributed by atoms with Gasteiger partial charge in [-0.15, -0.1) is 0 Å². The van der Waals surface area contributed by atoms with E-state index in [-0.39, 0.29) is 23.8 Å². The van der Waals surface area contributed by atoms with Crippen LogP contribution in [0.4, 0.5) is 11.4 Å². The molecule has 0 radical (unpaired) electrons. The Hall–Kier alpha value is -3.39. The maximum Gasteiger partial charge on any atom is 0.335 e. The first-order valence-electron chi connectivity index (χ1n) is 9.81. The molecule has 0 bridgehead atoms. The van der Waals surface area contributed by atoms with E-state index < -0.39 is 12.0 Å². The number of imide groups is 1. The van der Waals surface area contributed by atoms with Crippen LogP contribution in [0.5, 0.6) is 5.75 Å². The highest BCUT2D eigenvalue weighted by Crippen LogP contribution is 2.28. The summed E-state index contributed by atoms with van der Waals surface area (Å²) < 4.78 is 5.20. The fourth-order valence-electron chi connectivity index (χ4n) is 4.01. The van der Waals surface area contributed by atoms with Gasteiger partial charge in [0.05, 0.1) is 30.8 Å². The first-order valence-corrected chi connectivity index (χ1v) is 9.81. The third-order valence-corrected chi connectivity index (χ3v) is 5.69. The third kappa shape index (κ3) is 3.73. The van der Waals surface area contributed by atoms with Crippen molar-refractivity contribution < 1.29 is 24.2 Å². The molecule has 8 heteroatoms. The Balaban J connectivity index is 1.41. The first-order chi connectivity index (χ1) is 14.5. The molecule has 30 heavy (non-hydrogen) atoms. The molecule has 0 saturated carbocycles. The predicted molar refractivity (Wildman–Crippen MR) is 111 cm³/mol. The number of carboxylic acids is 1. The summed E-state index contributed by atoms with van der Waals surface area (Å²) in [5, 5.41) is 9.02. The maximum absolute atomic E-state index is 13.0. The number of carboxylic acid groups (broad SMARTS) is 1. The number of hydrogen-bond acceptors (Lipinski definition) is 6. The average molecular weight is 409 g/mol. The summed E-state index contributed by atoms with van der Waals surface area (Å²) in [7, 11) is 1.64. The third-order valence-electron chi connectivity index (χ3n) is 5.69. The van der Waals surface area contributed by atoms with Crippen molar-refractivity contribution in [2.75, 3.05) is 43.1 Å². The monoisotopic (exact) mass is 409 g/mol. The summed E-state index contributed by atoms with van der Waals surface area (Å²) in [6.45, 7) is 2.89. The van der Waals surface area contributed by atoms with Gasteiger partial charge >= 0.3 is 5.97 Å². The number of aromatic carboxylic acids is 1. The molecule has 4 rings (SSSR count). The van der Waals surface area contributed by atoms with Gasteiger partial charge in [0.2, 0.25) is 5.91 Å². The minimum absolute atomic E-state index is 0.115. The van der Waals surface area contributed by atoms with Crippen LogP contribution in [0.3, 0.4) is 0 Å². The van der Waals surface area contributed by atoms with Gasteiger partial charge in [-0.2, -0.15) is 0 Å². The van der Waals surface area contributed by atoms with Gasteiger partial charge in [-0.25, -0.2) is 9.69 Å². The van der Waals surface area contributed by atoms with Gasteiger partial charge < -0.3 is 14.7 Å². The van der Waals surface area contributed by atoms with Crippen LogP contribution < -0.4 is 14.5 Å². The van der Waals surface area contributed by atoms with E-state index in [2.05, 4.69) is 9.80 Å². The summed E-state index contributed by atoms with van der Waals surface area (Å²) >= 11 is 0. The van der Waals surface area contributed by atoms with Crippen LogP contribution in [0.25, 0.3) is 0 Å². The molecule has 2 aromatic rings. The van der Waals surface area contributed by atoms with E-state index in [0.29, 0.717) is 18.8 Å². The van der Waals surface area contributed by atoms with E-state index >= 15 is 0 Å². The Morgan fingerprint density at radius 3 is 2.10 bits per heavy atom. The molecule has 0 aliphatic carbocycles. The molecular weight excluding hydrogens is 386 g/mol. The molecule has 2 saturated heterocycles. The molecule has 0 unspecified atom stereocenters. The summed E-state index contributed by atoms with van der Waals surface area (Å²) in [6.07, 6.45) is 0.141. The van der Waals surface area contributed by atoms with Gasteiger partial charge in [0.1, 0.15) is 5.75 Å². The lowest BCUT2D eigenvalue weighted by Gasteiger charge is -2.38. The Morgan fingerprint density at radius 2 is 1.53 bits per heavy atom. The highest BCUT2D eigenvalue weighted by Gasteiger charge is 2.43. The van der Waals surface area contributed by atoms with Crippen LogP contribution in [0.2, 0.25) is 0 Å². The standard InChI is InChI=1S/C22H23N3O5/c1-30-18-8-6-16(7-9-18)23-10-12-24(13-11-23)19-14-20(26)25(21(19)27)17-4-2-15(3-5-17)22(28)29/h2-9,19H,10-14H2,1H3,(H,28,29)/t19-/m0/s1. The number of nitrogens with zero attached hydrogens (tertiary/aromatic N) is 3. The highest BCUT2D eigenvalue weighted by molar-refractivity contribution is 6.22. The Labute approximate surface area is 174 Å². The molecule has 2 aliphatic heterocycles. The topological polar surface area (TPSA) is 90.4 Å². The number of ether oxygens (including phenoxy) is 1. The zero-order valence-electron chi connectivity index (χ0n) is 16.7. The Morgan fingerprint density at radius 1 is 0.933 bits per heavy atom. The zero-order chi connectivity index (χ0) is 21.3. The molecule has 8 nitrogen and oxygen atoms in total. The van der Waals surface area contributed by atoms with Gasteiger partial charge in [0.25, 0.3) is 5.91 Å². The molecule has 2 fully saturated rings. The van der Waals surface area contributed by atoms with Crippen molar-refractivity contribution in [1.29, 1.82) is 0 Å². The van der Waals surface area contributed by atoms with Gasteiger partial charge in [0.15, 0.2) is 0 Å². The summed E-state index contributed by atoms with van der Waals surface area (Å²) in [5.41, 5.74) is 1.63. The van der Waals surface area contributed by atoms with Crippen LogP contribution in [0.15, 0.2) is 48.5 Å². The number of piperazine rings is 1. The second-order valence-electron chi connectivity index (χ2n) is 7.36. The van der Waals surface area contributed by atoms with Crippen LogP contribution in [0.1, 0.15) is 16.8 Å². The molecule has 0 spiro atoms. The number of carbonyl (C=O) groups is 3. The normalized spacial score (nSPS) is 20.0. The highest BCUT2D eigenvalue weighted by atomic mass is 16.5. The second kappa shape index (κ2) is 8.16. The van der Waals surface area contributed by atoms with Crippen molar-refractivity contribution in [3.63, 3.8) is 0 Å². The number of amides is 2. The zero-order valence-corrected chi connectivity index (χ0v) is 16.7. The lowest BCUT2D eigenvalue weighted by atomic mass is 10.1. The molecular formula is C22H23N3O5. The maximum atomic E-state index is 13.0. The van der Waals surface area contributed by atoms with Crippen molar-refractivity contribution in [3.8, 4) is 5.75 Å². The number of carbonyl (C=O) groups excluding carboxylic acids is 2. The van der Waals surface area contributed by atoms with Crippen LogP contribution in [0, 0.1) is 0 Å². The fourth-order valence-corrected chi connectivity index (χ4v) is 4.01. The Bertz CT molecular complexity index is 950. The van der Waals surface area contributed by atoms with Gasteiger partial charge in [0, 0.05) is 31.9 Å². The smallest absolute Gasteiger partial charge is 0.335 e. The van der Waals surface area contributed by atoms with E-state index in [0.717, 1.165) is 24.5 Å². The number of hydrogen-bond donors (Lipinski definition) is 1. The van der Waals surface area contributed by atoms with E-state index in [1.165, 1.54) is 29.2 Å². The van der Waals surface area contributed by atoms with Crippen molar-refractivity contribution in [3.05, 3.63) is 54.1 Å². The molecule has 1 atom stereocenters. The van der Waals surface area contributed by atoms with Crippen LogP contribution in [-0.2, 0) is 9.59 Å². The van der Waals surface area contributed by atoms with Crippen molar-refractivity contribution >= 4 is 29.2 Å². The number of benzene rings is 2. The van der Waals surface area contributed by atoms with Crippen LogP contribution >= 0.6 is 0 Å². The number of rotatable bonds is 5. The molecule has 0 aromatic heterocycles. The Kier molecular flexibility index (Phi) is 5.41. The fraction of sp³-hybridized carbons (Fsp3) is 0.318. The molecule has 2 aliphatic rings. The van der Waals surface area contributed by atoms with Crippen molar-refractivity contribution in [2.45, 2.75) is 12.5 Å². The van der Waals surface area contributed by atoms with Gasteiger partial charge in [-0.3, -0.25) is 14.5 Å². The number of methoxy groups -OCH3 is 1. The van der Waals surface area contributed by atoms with Gasteiger partial charge in [-0.1, -0.05) is 0 Å². The van der Waals surface area contributed by atoms with Gasteiger partial charge in [-0.05, 0) is 48.5 Å². The number of anilines is 2. The summed E-state index contributed by atoms with van der Waals surface area (Å²) in [4.78, 5) is 42.0. The van der Waals surface area contributed by atoms with E-state index in [1.54, 1.807) is 7.11 Å².